The number of nitrogen functional groups attached to an aromatic ring is 1. The Balaban J connectivity index is 1.49. The zero-order chi connectivity index (χ0) is 27.2. The van der Waals surface area contributed by atoms with Crippen molar-refractivity contribution in [2.24, 2.45) is 5.92 Å². The van der Waals surface area contributed by atoms with Crippen LogP contribution in [0, 0.1) is 5.92 Å². The molecule has 38 heavy (non-hydrogen) atoms. The maximum Gasteiger partial charge on any atom is 0.474 e. The predicted molar refractivity (Wildman–Crippen MR) is 160 cm³/mol. The lowest BCUT2D eigenvalue weighted by Gasteiger charge is -2.20. The Kier molecular flexibility index (Phi) is 15.0. The number of allylic oxidation sites excluding steroid dienone is 1. The van der Waals surface area contributed by atoms with Gasteiger partial charge < -0.3 is 19.8 Å². The maximum absolute atomic E-state index is 13.4. The Bertz CT molecular complexity index is 1050. The molecule has 0 aromatic carbocycles. The summed E-state index contributed by atoms with van der Waals surface area (Å²) in [5.41, 5.74) is 6.84. The second kappa shape index (κ2) is 17.6. The Hall–Kier alpha value is -0.190. The third-order valence-corrected chi connectivity index (χ3v) is 11.5. The number of nitrogens with zero attached hydrogens (tertiary/aromatic N) is 4. The summed E-state index contributed by atoms with van der Waals surface area (Å²) < 4.78 is 42.5. The number of halogens is 1. The lowest BCUT2D eigenvalue weighted by molar-refractivity contribution is 0.113. The van der Waals surface area contributed by atoms with Crippen LogP contribution in [-0.4, -0.2) is 89.8 Å². The van der Waals surface area contributed by atoms with Crippen molar-refractivity contribution < 1.29 is 27.6 Å². The molecule has 0 saturated heterocycles. The van der Waals surface area contributed by atoms with Gasteiger partial charge in [0, 0.05) is 43.1 Å². The van der Waals surface area contributed by atoms with Crippen LogP contribution in [-0.2, 0) is 27.6 Å². The molecule has 2 atom stereocenters. The first-order valence-electron chi connectivity index (χ1n) is 11.8. The number of fused-ring (bicyclic) bond motifs is 1. The van der Waals surface area contributed by atoms with Crippen molar-refractivity contribution >= 4 is 79.7 Å². The lowest BCUT2D eigenvalue weighted by Crippen LogP contribution is -2.12. The number of anilines is 1. The number of imidazole rings is 1. The highest BCUT2D eigenvalue weighted by Gasteiger charge is 2.30. The fourth-order valence-corrected chi connectivity index (χ4v) is 8.53. The van der Waals surface area contributed by atoms with Gasteiger partial charge in [-0.1, -0.05) is 66.9 Å². The Labute approximate surface area is 243 Å². The van der Waals surface area contributed by atoms with E-state index in [1.165, 1.54) is 0 Å². The van der Waals surface area contributed by atoms with E-state index in [4.69, 9.17) is 40.4 Å². The average Bonchev–Trinajstić information content (AvgIpc) is 3.54. The fourth-order valence-electron chi connectivity index (χ4n) is 3.36. The number of phosphoric acid groups is 1. The van der Waals surface area contributed by atoms with E-state index in [1.807, 2.05) is 16.7 Å². The minimum atomic E-state index is -3.73. The number of rotatable bonds is 20. The van der Waals surface area contributed by atoms with Gasteiger partial charge in [0.05, 0.1) is 45.4 Å². The number of hydrogen-bond acceptors (Lipinski definition) is 14. The molecule has 17 heteroatoms. The standard InChI is InChI=1S/C21H33ClN5O6PS4/c1-29-5-9-35-37-11-7-31-34(28,32-8-12-38-36-10-6-30-2)33-14-16-3-4-17(13-16)27-15-24-18-19(22)25-21(23)26-20(18)27/h3-4,15-17H,5-14H2,1-2H3,(H2,23,25,26)/t16-,17+/m1/s1. The summed E-state index contributed by atoms with van der Waals surface area (Å²) in [6.07, 6.45) is 6.43. The van der Waals surface area contributed by atoms with Crippen molar-refractivity contribution in [2.75, 3.05) is 76.0 Å². The number of methoxy groups -OCH3 is 2. The second-order valence-corrected chi connectivity index (χ2v) is 15.3. The van der Waals surface area contributed by atoms with Crippen molar-refractivity contribution in [2.45, 2.75) is 12.5 Å². The van der Waals surface area contributed by atoms with Crippen molar-refractivity contribution in [1.82, 2.24) is 19.5 Å². The Morgan fingerprint density at radius 3 is 2.18 bits per heavy atom. The van der Waals surface area contributed by atoms with Crippen LogP contribution in [0.2, 0.25) is 5.15 Å². The summed E-state index contributed by atoms with van der Waals surface area (Å²) in [6.45, 7) is 2.07. The summed E-state index contributed by atoms with van der Waals surface area (Å²) >= 11 is 6.16. The normalized spacial score (nSPS) is 17.7. The Morgan fingerprint density at radius 1 is 0.974 bits per heavy atom. The summed E-state index contributed by atoms with van der Waals surface area (Å²) in [5, 5.41) is 0.217. The topological polar surface area (TPSA) is 133 Å². The second-order valence-electron chi connectivity index (χ2n) is 7.83. The van der Waals surface area contributed by atoms with Gasteiger partial charge in [-0.25, -0.2) is 9.55 Å². The number of hydrogen-bond donors (Lipinski definition) is 1. The number of phosphoric ester groups is 1. The van der Waals surface area contributed by atoms with E-state index in [1.54, 1.807) is 63.7 Å². The summed E-state index contributed by atoms with van der Waals surface area (Å²) in [4.78, 5) is 12.6. The quantitative estimate of drug-likeness (QED) is 0.0648. The molecule has 0 radical (unpaired) electrons. The van der Waals surface area contributed by atoms with Gasteiger partial charge in [-0.2, -0.15) is 9.97 Å². The smallest absolute Gasteiger partial charge is 0.384 e. The summed E-state index contributed by atoms with van der Waals surface area (Å²) in [7, 11) is 6.23. The van der Waals surface area contributed by atoms with Crippen LogP contribution >= 0.6 is 62.6 Å². The van der Waals surface area contributed by atoms with E-state index >= 15 is 0 Å². The lowest BCUT2D eigenvalue weighted by atomic mass is 10.1. The minimum Gasteiger partial charge on any atom is -0.384 e. The van der Waals surface area contributed by atoms with Gasteiger partial charge in [-0.15, -0.1) is 0 Å². The van der Waals surface area contributed by atoms with Crippen molar-refractivity contribution in [3.05, 3.63) is 23.6 Å². The van der Waals surface area contributed by atoms with Gasteiger partial charge in [0.15, 0.2) is 10.8 Å². The van der Waals surface area contributed by atoms with Gasteiger partial charge >= 0.3 is 7.82 Å². The molecule has 0 saturated carbocycles. The van der Waals surface area contributed by atoms with Crippen LogP contribution < -0.4 is 5.73 Å². The van der Waals surface area contributed by atoms with Gasteiger partial charge in [0.25, 0.3) is 0 Å². The molecule has 1 aliphatic rings. The molecule has 2 heterocycles. The minimum absolute atomic E-state index is 0.00517. The molecule has 0 fully saturated rings. The van der Waals surface area contributed by atoms with Crippen molar-refractivity contribution in [3.63, 3.8) is 0 Å². The van der Waals surface area contributed by atoms with Gasteiger partial charge in [-0.05, 0) is 6.42 Å². The van der Waals surface area contributed by atoms with E-state index in [0.29, 0.717) is 42.3 Å². The highest BCUT2D eigenvalue weighted by molar-refractivity contribution is 8.77. The molecule has 0 aliphatic heterocycles. The van der Waals surface area contributed by atoms with Crippen molar-refractivity contribution in [1.29, 1.82) is 0 Å². The first-order valence-corrected chi connectivity index (χ1v) is 18.6. The molecular weight excluding hydrogens is 613 g/mol. The average molecular weight is 646 g/mol. The Morgan fingerprint density at radius 2 is 1.58 bits per heavy atom. The van der Waals surface area contributed by atoms with E-state index in [2.05, 4.69) is 15.0 Å². The SMILES string of the molecule is COCCSSCCOP(=O)(OCCSSCCOC)OC[C@@H]1C=C[C@H](n2cnc3c(Cl)nc(N)nc32)C1. The van der Waals surface area contributed by atoms with Crippen LogP contribution in [0.1, 0.15) is 12.5 Å². The molecule has 2 N–H and O–H groups in total. The molecule has 11 nitrogen and oxygen atoms in total. The zero-order valence-corrected chi connectivity index (χ0v) is 26.1. The number of aromatic nitrogens is 4. The third kappa shape index (κ3) is 10.7. The molecule has 1 aliphatic carbocycles. The zero-order valence-electron chi connectivity index (χ0n) is 21.2. The number of ether oxygens (including phenoxy) is 2. The molecule has 2 aromatic rings. The molecular formula is C21H33ClN5O6PS4. The van der Waals surface area contributed by atoms with Gasteiger partial charge in [-0.3, -0.25) is 13.6 Å². The van der Waals surface area contributed by atoms with E-state index in [9.17, 15) is 4.57 Å². The van der Waals surface area contributed by atoms with E-state index in [0.717, 1.165) is 11.5 Å². The first kappa shape index (κ1) is 32.3. The first-order chi connectivity index (χ1) is 18.5. The largest absolute Gasteiger partial charge is 0.474 e. The number of nitrogens with two attached hydrogens (primary N) is 1. The molecule has 2 aromatic heterocycles. The van der Waals surface area contributed by atoms with Crippen LogP contribution in [0.25, 0.3) is 11.2 Å². The van der Waals surface area contributed by atoms with E-state index in [-0.39, 0.29) is 42.9 Å². The van der Waals surface area contributed by atoms with Crippen molar-refractivity contribution in [3.8, 4) is 0 Å². The summed E-state index contributed by atoms with van der Waals surface area (Å²) in [6, 6.07) is -0.0266. The van der Waals surface area contributed by atoms with E-state index < -0.39 is 7.82 Å². The van der Waals surface area contributed by atoms with Crippen LogP contribution in [0.15, 0.2) is 18.5 Å². The molecule has 214 valence electrons. The van der Waals surface area contributed by atoms with Crippen LogP contribution in [0.3, 0.4) is 0 Å². The highest BCUT2D eigenvalue weighted by atomic mass is 35.5. The molecule has 0 spiro atoms. The third-order valence-electron chi connectivity index (χ3n) is 5.09. The predicted octanol–water partition coefficient (Wildman–Crippen LogP) is 5.39. The summed E-state index contributed by atoms with van der Waals surface area (Å²) in [5.74, 6) is 3.14. The van der Waals surface area contributed by atoms with Crippen LogP contribution in [0.4, 0.5) is 5.95 Å². The molecule has 0 unspecified atom stereocenters. The molecule has 3 rings (SSSR count). The van der Waals surface area contributed by atoms with Crippen LogP contribution in [0.5, 0.6) is 0 Å². The highest BCUT2D eigenvalue weighted by Crippen LogP contribution is 2.51. The maximum atomic E-state index is 13.4. The van der Waals surface area contributed by atoms with Gasteiger partial charge in [0.2, 0.25) is 5.95 Å². The molecule has 0 amide bonds. The fraction of sp³-hybridized carbons (Fsp3) is 0.667. The monoisotopic (exact) mass is 645 g/mol. The van der Waals surface area contributed by atoms with Gasteiger partial charge in [0.1, 0.15) is 5.52 Å². The molecule has 0 bridgehead atoms.